The highest BCUT2D eigenvalue weighted by atomic mass is 32.2. The fourth-order valence-corrected chi connectivity index (χ4v) is 3.99. The number of hydrogen-bond donors (Lipinski definition) is 3. The lowest BCUT2D eigenvalue weighted by atomic mass is 9.65. The molecule has 2 atom stereocenters. The maximum Gasteiger partial charge on any atom is 0.244 e. The molecule has 1 aromatic rings. The van der Waals surface area contributed by atoms with Gasteiger partial charge in [0.05, 0.1) is 13.2 Å². The highest BCUT2D eigenvalue weighted by Gasteiger charge is 2.49. The van der Waals surface area contributed by atoms with Gasteiger partial charge in [0.25, 0.3) is 0 Å². The number of nitrogen functional groups attached to an aromatic ring is 1. The number of nitrogens with two attached hydrogens (primary N) is 1. The van der Waals surface area contributed by atoms with Crippen LogP contribution in [-0.2, 0) is 10.0 Å². The van der Waals surface area contributed by atoms with Crippen LogP contribution in [0.2, 0.25) is 0 Å². The van der Waals surface area contributed by atoms with Gasteiger partial charge in [-0.25, -0.2) is 13.1 Å². The van der Waals surface area contributed by atoms with Gasteiger partial charge in [-0.15, -0.1) is 0 Å². The van der Waals surface area contributed by atoms with E-state index in [4.69, 9.17) is 10.5 Å². The predicted molar refractivity (Wildman–Crippen MR) is 80.7 cm³/mol. The van der Waals surface area contributed by atoms with Gasteiger partial charge in [0, 0.05) is 17.1 Å². The summed E-state index contributed by atoms with van der Waals surface area (Å²) >= 11 is 0. The SMILES string of the molecule is COc1cc(C)c(N)cc1S(=O)(=O)NC1CC(O)C1(C)C. The van der Waals surface area contributed by atoms with Crippen LogP contribution in [0.15, 0.2) is 17.0 Å². The van der Waals surface area contributed by atoms with Gasteiger partial charge in [-0.3, -0.25) is 0 Å². The zero-order chi connectivity index (χ0) is 16.0. The summed E-state index contributed by atoms with van der Waals surface area (Å²) in [5.74, 6) is 0.256. The number of anilines is 1. The van der Waals surface area contributed by atoms with E-state index in [0.717, 1.165) is 5.56 Å². The van der Waals surface area contributed by atoms with Gasteiger partial charge in [0.15, 0.2) is 0 Å². The van der Waals surface area contributed by atoms with Crippen molar-refractivity contribution in [1.82, 2.24) is 4.72 Å². The van der Waals surface area contributed by atoms with Crippen molar-refractivity contribution in [1.29, 1.82) is 0 Å². The summed E-state index contributed by atoms with van der Waals surface area (Å²) in [6.45, 7) is 5.44. The number of benzene rings is 1. The fraction of sp³-hybridized carbons (Fsp3) is 0.571. The number of hydrogen-bond acceptors (Lipinski definition) is 5. The lowest BCUT2D eigenvalue weighted by molar-refractivity contribution is -0.0645. The van der Waals surface area contributed by atoms with Crippen LogP contribution in [0.3, 0.4) is 0 Å². The second-order valence-corrected chi connectivity index (χ2v) is 7.79. The van der Waals surface area contributed by atoms with Crippen LogP contribution in [0, 0.1) is 12.3 Å². The van der Waals surface area contributed by atoms with Gasteiger partial charge in [0.1, 0.15) is 10.6 Å². The van der Waals surface area contributed by atoms with Crippen molar-refractivity contribution < 1.29 is 18.3 Å². The minimum atomic E-state index is -3.76. The molecule has 1 aromatic carbocycles. The highest BCUT2D eigenvalue weighted by molar-refractivity contribution is 7.89. The van der Waals surface area contributed by atoms with Crippen LogP contribution in [0.25, 0.3) is 0 Å². The summed E-state index contributed by atoms with van der Waals surface area (Å²) < 4.78 is 32.9. The van der Waals surface area contributed by atoms with Gasteiger partial charge < -0.3 is 15.6 Å². The first-order valence-corrected chi connectivity index (χ1v) is 8.22. The molecule has 0 aliphatic heterocycles. The van der Waals surface area contributed by atoms with Gasteiger partial charge >= 0.3 is 0 Å². The Morgan fingerprint density at radius 3 is 2.52 bits per heavy atom. The predicted octanol–water partition coefficient (Wildman–Crippen LogP) is 1.02. The molecule has 0 radical (unpaired) electrons. The Morgan fingerprint density at radius 1 is 1.43 bits per heavy atom. The molecule has 0 spiro atoms. The largest absolute Gasteiger partial charge is 0.495 e. The monoisotopic (exact) mass is 314 g/mol. The molecule has 1 saturated carbocycles. The van der Waals surface area contributed by atoms with E-state index in [1.54, 1.807) is 13.0 Å². The number of sulfonamides is 1. The smallest absolute Gasteiger partial charge is 0.244 e. The Kier molecular flexibility index (Phi) is 3.94. The second kappa shape index (κ2) is 5.15. The molecule has 118 valence electrons. The summed E-state index contributed by atoms with van der Waals surface area (Å²) in [6.07, 6.45) is -0.106. The Morgan fingerprint density at radius 2 is 2.05 bits per heavy atom. The number of methoxy groups -OCH3 is 1. The van der Waals surface area contributed by atoms with Crippen LogP contribution < -0.4 is 15.2 Å². The normalized spacial score (nSPS) is 24.4. The standard InChI is InChI=1S/C14H22N2O4S/c1-8-5-10(20-4)11(6-9(8)15)21(18,19)16-12-7-13(17)14(12,2)3/h5-6,12-13,16-17H,7,15H2,1-4H3. The summed E-state index contributed by atoms with van der Waals surface area (Å²) in [4.78, 5) is 0.0188. The molecule has 1 fully saturated rings. The lowest BCUT2D eigenvalue weighted by Gasteiger charge is -2.49. The fourth-order valence-electron chi connectivity index (χ4n) is 2.40. The Labute approximate surface area is 125 Å². The van der Waals surface area contributed by atoms with Crippen LogP contribution in [0.1, 0.15) is 25.8 Å². The number of nitrogens with one attached hydrogen (secondary N) is 1. The van der Waals surface area contributed by atoms with Crippen molar-refractivity contribution in [3.05, 3.63) is 17.7 Å². The molecule has 0 aromatic heterocycles. The molecule has 0 saturated heterocycles. The number of ether oxygens (including phenoxy) is 1. The molecular weight excluding hydrogens is 292 g/mol. The molecule has 7 heteroatoms. The zero-order valence-electron chi connectivity index (χ0n) is 12.7. The van der Waals surface area contributed by atoms with Crippen molar-refractivity contribution >= 4 is 15.7 Å². The molecule has 2 unspecified atom stereocenters. The van der Waals surface area contributed by atoms with E-state index in [9.17, 15) is 13.5 Å². The van der Waals surface area contributed by atoms with Crippen LogP contribution in [0.4, 0.5) is 5.69 Å². The first kappa shape index (κ1) is 16.1. The first-order valence-electron chi connectivity index (χ1n) is 6.74. The van der Waals surface area contributed by atoms with Crippen LogP contribution in [0.5, 0.6) is 5.75 Å². The van der Waals surface area contributed by atoms with Crippen LogP contribution in [-0.4, -0.2) is 32.8 Å². The maximum atomic E-state index is 12.5. The van der Waals surface area contributed by atoms with E-state index in [1.165, 1.54) is 13.2 Å². The topological polar surface area (TPSA) is 102 Å². The second-order valence-electron chi connectivity index (χ2n) is 6.11. The molecular formula is C14H22N2O4S. The molecule has 6 nitrogen and oxygen atoms in total. The third-order valence-corrected chi connectivity index (χ3v) is 5.85. The van der Waals surface area contributed by atoms with Crippen molar-refractivity contribution in [2.75, 3.05) is 12.8 Å². The molecule has 1 aliphatic carbocycles. The lowest BCUT2D eigenvalue weighted by Crippen LogP contribution is -2.61. The summed E-state index contributed by atoms with van der Waals surface area (Å²) in [6, 6.07) is 2.69. The molecule has 2 rings (SSSR count). The molecule has 0 heterocycles. The van der Waals surface area contributed by atoms with E-state index in [1.807, 2.05) is 13.8 Å². The van der Waals surface area contributed by atoms with Crippen molar-refractivity contribution in [3.8, 4) is 5.75 Å². The minimum Gasteiger partial charge on any atom is -0.495 e. The van der Waals surface area contributed by atoms with E-state index in [-0.39, 0.29) is 16.7 Å². The van der Waals surface area contributed by atoms with E-state index in [2.05, 4.69) is 4.72 Å². The number of aliphatic hydroxyl groups excluding tert-OH is 1. The highest BCUT2D eigenvalue weighted by Crippen LogP contribution is 2.41. The summed E-state index contributed by atoms with van der Waals surface area (Å²) in [5.41, 5.74) is 6.46. The van der Waals surface area contributed by atoms with Crippen molar-refractivity contribution in [3.63, 3.8) is 0 Å². The average molecular weight is 314 g/mol. The Balaban J connectivity index is 2.35. The van der Waals surface area contributed by atoms with Crippen molar-refractivity contribution in [2.45, 2.75) is 44.2 Å². The molecule has 0 amide bonds. The van der Waals surface area contributed by atoms with E-state index in [0.29, 0.717) is 12.1 Å². The van der Waals surface area contributed by atoms with Gasteiger partial charge in [-0.2, -0.15) is 0 Å². The number of rotatable bonds is 4. The summed E-state index contributed by atoms with van der Waals surface area (Å²) in [7, 11) is -2.35. The number of aryl methyl sites for hydroxylation is 1. The third kappa shape index (κ3) is 2.73. The maximum absolute atomic E-state index is 12.5. The molecule has 0 bridgehead atoms. The quantitative estimate of drug-likeness (QED) is 0.720. The van der Waals surface area contributed by atoms with Crippen molar-refractivity contribution in [2.24, 2.45) is 5.41 Å². The third-order valence-electron chi connectivity index (χ3n) is 4.36. The average Bonchev–Trinajstić information content (AvgIpc) is 2.40. The molecule has 1 aliphatic rings. The van der Waals surface area contributed by atoms with Gasteiger partial charge in [-0.1, -0.05) is 13.8 Å². The Hall–Kier alpha value is -1.31. The van der Waals surface area contributed by atoms with E-state index >= 15 is 0 Å². The minimum absolute atomic E-state index is 0.0188. The first-order chi connectivity index (χ1) is 9.59. The van der Waals surface area contributed by atoms with Gasteiger partial charge in [0.2, 0.25) is 10.0 Å². The zero-order valence-corrected chi connectivity index (χ0v) is 13.5. The molecule has 21 heavy (non-hydrogen) atoms. The van der Waals surface area contributed by atoms with Crippen LogP contribution >= 0.6 is 0 Å². The molecule has 4 N–H and O–H groups in total. The number of aliphatic hydroxyl groups is 1. The summed E-state index contributed by atoms with van der Waals surface area (Å²) in [5, 5.41) is 9.72. The van der Waals surface area contributed by atoms with Gasteiger partial charge in [-0.05, 0) is 31.0 Å². The van der Waals surface area contributed by atoms with E-state index < -0.39 is 21.5 Å². The Bertz CT molecular complexity index is 655.